The first kappa shape index (κ1) is 19.5. The van der Waals surface area contributed by atoms with Gasteiger partial charge in [0, 0.05) is 36.3 Å². The lowest BCUT2D eigenvalue weighted by atomic mass is 10.1. The molecule has 2 aliphatic rings. The number of hydrogen-bond acceptors (Lipinski definition) is 5. The van der Waals surface area contributed by atoms with Crippen molar-refractivity contribution in [2.75, 3.05) is 19.6 Å². The molecule has 1 aromatic carbocycles. The van der Waals surface area contributed by atoms with Crippen LogP contribution in [0, 0.1) is 0 Å². The van der Waals surface area contributed by atoms with E-state index in [4.69, 9.17) is 0 Å². The van der Waals surface area contributed by atoms with Gasteiger partial charge in [0.15, 0.2) is 0 Å². The third kappa shape index (κ3) is 4.18. The Hall–Kier alpha value is -2.51. The summed E-state index contributed by atoms with van der Waals surface area (Å²) in [6.07, 6.45) is 8.42. The predicted molar refractivity (Wildman–Crippen MR) is 119 cm³/mol. The minimum Gasteiger partial charge on any atom is -0.348 e. The summed E-state index contributed by atoms with van der Waals surface area (Å²) in [6.45, 7) is 5.35. The fourth-order valence-electron chi connectivity index (χ4n) is 4.05. The van der Waals surface area contributed by atoms with E-state index >= 15 is 0 Å². The van der Waals surface area contributed by atoms with Gasteiger partial charge in [-0.1, -0.05) is 19.1 Å². The summed E-state index contributed by atoms with van der Waals surface area (Å²) >= 11 is 1.49. The second kappa shape index (κ2) is 8.32. The maximum absolute atomic E-state index is 12.6. The third-order valence-corrected chi connectivity index (χ3v) is 7.03. The van der Waals surface area contributed by atoms with Gasteiger partial charge in [-0.15, -0.1) is 11.3 Å². The second-order valence-corrected chi connectivity index (χ2v) is 9.12. The van der Waals surface area contributed by atoms with E-state index in [-0.39, 0.29) is 11.9 Å². The molecule has 156 valence electrons. The van der Waals surface area contributed by atoms with Crippen molar-refractivity contribution in [3.8, 4) is 16.3 Å². The molecule has 0 bridgehead atoms. The van der Waals surface area contributed by atoms with E-state index < -0.39 is 0 Å². The van der Waals surface area contributed by atoms with Gasteiger partial charge in [0.25, 0.3) is 5.91 Å². The largest absolute Gasteiger partial charge is 0.348 e. The van der Waals surface area contributed by atoms with Crippen LogP contribution in [0.5, 0.6) is 0 Å². The molecule has 3 aromatic rings. The van der Waals surface area contributed by atoms with E-state index in [0.29, 0.717) is 5.69 Å². The summed E-state index contributed by atoms with van der Waals surface area (Å²) in [5.41, 5.74) is 3.89. The van der Waals surface area contributed by atoms with Crippen molar-refractivity contribution in [1.82, 2.24) is 25.0 Å². The lowest BCUT2D eigenvalue weighted by Crippen LogP contribution is -2.44. The molecule has 5 rings (SSSR count). The molecule has 0 radical (unpaired) electrons. The molecule has 2 fully saturated rings. The average molecular weight is 422 g/mol. The highest BCUT2D eigenvalue weighted by Crippen LogP contribution is 2.40. The Labute approximate surface area is 180 Å². The van der Waals surface area contributed by atoms with Gasteiger partial charge in [0.1, 0.15) is 10.7 Å². The Morgan fingerprint density at radius 3 is 2.63 bits per heavy atom. The highest BCUT2D eigenvalue weighted by molar-refractivity contribution is 7.13. The summed E-state index contributed by atoms with van der Waals surface area (Å²) < 4.78 is 1.87. The Bertz CT molecular complexity index is 1010. The molecule has 1 aliphatic heterocycles. The lowest BCUT2D eigenvalue weighted by Gasteiger charge is -2.31. The van der Waals surface area contributed by atoms with E-state index in [1.165, 1.54) is 29.7 Å². The monoisotopic (exact) mass is 421 g/mol. The van der Waals surface area contributed by atoms with E-state index in [9.17, 15) is 4.79 Å². The zero-order valence-electron chi connectivity index (χ0n) is 17.3. The molecule has 7 heteroatoms. The molecule has 1 amide bonds. The Morgan fingerprint density at radius 2 is 1.93 bits per heavy atom. The summed E-state index contributed by atoms with van der Waals surface area (Å²) in [7, 11) is 0. The highest BCUT2D eigenvalue weighted by Gasteiger charge is 2.23. The number of benzene rings is 1. The van der Waals surface area contributed by atoms with Crippen molar-refractivity contribution in [3.63, 3.8) is 0 Å². The number of nitrogens with one attached hydrogen (secondary N) is 1. The van der Waals surface area contributed by atoms with E-state index in [1.807, 2.05) is 22.5 Å². The van der Waals surface area contributed by atoms with Crippen molar-refractivity contribution in [2.24, 2.45) is 0 Å². The average Bonchev–Trinajstić information content (AvgIpc) is 3.31. The van der Waals surface area contributed by atoms with E-state index in [1.54, 1.807) is 0 Å². The molecule has 2 aromatic heterocycles. The van der Waals surface area contributed by atoms with Crippen LogP contribution in [0.3, 0.4) is 0 Å². The summed E-state index contributed by atoms with van der Waals surface area (Å²) in [4.78, 5) is 19.6. The van der Waals surface area contributed by atoms with Crippen molar-refractivity contribution in [2.45, 2.75) is 44.6 Å². The molecular formula is C23H27N5OS. The van der Waals surface area contributed by atoms with Gasteiger partial charge in [0.2, 0.25) is 0 Å². The number of likely N-dealkylation sites (tertiary alicyclic amines) is 1. The van der Waals surface area contributed by atoms with Crippen molar-refractivity contribution >= 4 is 17.2 Å². The normalized spacial score (nSPS) is 17.9. The first-order chi connectivity index (χ1) is 14.7. The van der Waals surface area contributed by atoms with Crippen LogP contribution in [0.2, 0.25) is 0 Å². The summed E-state index contributed by atoms with van der Waals surface area (Å²) in [5, 5.41) is 10.3. The number of aromatic nitrogens is 3. The van der Waals surface area contributed by atoms with Crippen molar-refractivity contribution in [3.05, 3.63) is 53.3 Å². The van der Waals surface area contributed by atoms with Gasteiger partial charge in [-0.2, -0.15) is 5.10 Å². The first-order valence-corrected chi connectivity index (χ1v) is 11.7. The highest BCUT2D eigenvalue weighted by atomic mass is 32.1. The Balaban J connectivity index is 1.23. The van der Waals surface area contributed by atoms with E-state index in [2.05, 4.69) is 51.5 Å². The molecule has 6 nitrogen and oxygen atoms in total. The van der Waals surface area contributed by atoms with Gasteiger partial charge in [-0.3, -0.25) is 4.79 Å². The van der Waals surface area contributed by atoms with Crippen LogP contribution in [-0.4, -0.2) is 51.2 Å². The van der Waals surface area contributed by atoms with Gasteiger partial charge in [-0.05, 0) is 55.8 Å². The minimum atomic E-state index is -0.0736. The van der Waals surface area contributed by atoms with Crippen LogP contribution >= 0.6 is 11.3 Å². The first-order valence-electron chi connectivity index (χ1n) is 10.8. The van der Waals surface area contributed by atoms with Crippen molar-refractivity contribution in [1.29, 1.82) is 0 Å². The van der Waals surface area contributed by atoms with Crippen LogP contribution < -0.4 is 5.32 Å². The molecule has 0 unspecified atom stereocenters. The van der Waals surface area contributed by atoms with Crippen molar-refractivity contribution < 1.29 is 4.79 Å². The minimum absolute atomic E-state index is 0.0736. The third-order valence-electron chi connectivity index (χ3n) is 6.14. The lowest BCUT2D eigenvalue weighted by molar-refractivity contribution is 0.0908. The molecule has 0 spiro atoms. The number of carbonyl (C=O) groups is 1. The van der Waals surface area contributed by atoms with Gasteiger partial charge >= 0.3 is 0 Å². The van der Waals surface area contributed by atoms with Crippen LogP contribution in [0.25, 0.3) is 16.3 Å². The van der Waals surface area contributed by atoms with Crippen LogP contribution in [0.1, 0.15) is 54.6 Å². The number of nitrogens with zero attached hydrogens (tertiary/aromatic N) is 4. The van der Waals surface area contributed by atoms with Gasteiger partial charge in [-0.25, -0.2) is 9.67 Å². The number of amides is 1. The van der Waals surface area contributed by atoms with Crippen LogP contribution in [0.4, 0.5) is 0 Å². The smallest absolute Gasteiger partial charge is 0.270 e. The van der Waals surface area contributed by atoms with Gasteiger partial charge < -0.3 is 10.2 Å². The number of carbonyl (C=O) groups excluding carboxylic acids is 1. The number of piperidine rings is 1. The molecule has 1 aliphatic carbocycles. The van der Waals surface area contributed by atoms with E-state index in [0.717, 1.165) is 54.7 Å². The molecular weight excluding hydrogens is 394 g/mol. The Morgan fingerprint density at radius 1 is 1.17 bits per heavy atom. The number of rotatable bonds is 6. The quantitative estimate of drug-likeness (QED) is 0.651. The molecule has 3 heterocycles. The van der Waals surface area contributed by atoms with Gasteiger partial charge in [0.05, 0.1) is 11.9 Å². The fourth-order valence-corrected chi connectivity index (χ4v) is 4.83. The second-order valence-electron chi connectivity index (χ2n) is 8.26. The topological polar surface area (TPSA) is 63.1 Å². The molecule has 1 saturated heterocycles. The molecule has 1 saturated carbocycles. The SMILES string of the molecule is CCN1CCC(NC(=O)c2csc(-c3cnn(-c4ccc(C5CC5)cc4)c3)n2)CC1. The summed E-state index contributed by atoms with van der Waals surface area (Å²) in [5.74, 6) is 0.682. The number of thiazole rings is 1. The zero-order valence-corrected chi connectivity index (χ0v) is 18.1. The summed E-state index contributed by atoms with van der Waals surface area (Å²) in [6, 6.07) is 8.88. The number of hydrogen-bond donors (Lipinski definition) is 1. The zero-order chi connectivity index (χ0) is 20.5. The van der Waals surface area contributed by atoms with Crippen LogP contribution in [0.15, 0.2) is 42.0 Å². The fraction of sp³-hybridized carbons (Fsp3) is 0.435. The standard InChI is InChI=1S/C23H27N5OS/c1-2-27-11-9-19(10-12-27)25-22(29)21-15-30-23(26-21)18-13-24-28(14-18)20-7-5-17(6-8-20)16-3-4-16/h5-8,13-16,19H,2-4,9-12H2,1H3,(H,25,29). The predicted octanol–water partition coefficient (Wildman–Crippen LogP) is 4.09. The Kier molecular flexibility index (Phi) is 5.39. The molecule has 30 heavy (non-hydrogen) atoms. The van der Waals surface area contributed by atoms with Crippen LogP contribution in [-0.2, 0) is 0 Å². The maximum atomic E-state index is 12.6. The maximum Gasteiger partial charge on any atom is 0.270 e. The molecule has 0 atom stereocenters. The molecule has 1 N–H and O–H groups in total.